The topological polar surface area (TPSA) is 24.1 Å². The van der Waals surface area contributed by atoms with E-state index in [0.29, 0.717) is 18.2 Å². The van der Waals surface area contributed by atoms with Gasteiger partial charge in [-0.2, -0.15) is 0 Å². The molecule has 2 N–H and O–H groups in total. The highest BCUT2D eigenvalue weighted by Crippen LogP contribution is 2.09. The first-order valence-corrected chi connectivity index (χ1v) is 5.89. The van der Waals surface area contributed by atoms with E-state index in [-0.39, 0.29) is 6.04 Å². The van der Waals surface area contributed by atoms with Gasteiger partial charge in [-0.25, -0.2) is 8.78 Å². The van der Waals surface area contributed by atoms with E-state index >= 15 is 0 Å². The Morgan fingerprint density at radius 3 is 2.41 bits per heavy atom. The lowest BCUT2D eigenvalue weighted by atomic mass is 10.2. The second-order valence-electron chi connectivity index (χ2n) is 4.58. The maximum atomic E-state index is 13.3. The largest absolute Gasteiger partial charge is 0.313 e. The summed E-state index contributed by atoms with van der Waals surface area (Å²) in [6.45, 7) is 7.41. The van der Waals surface area contributed by atoms with Crippen molar-refractivity contribution < 1.29 is 8.78 Å². The van der Waals surface area contributed by atoms with Crippen LogP contribution in [0.15, 0.2) is 18.2 Å². The third kappa shape index (κ3) is 5.24. The minimum Gasteiger partial charge on any atom is -0.313 e. The zero-order valence-electron chi connectivity index (χ0n) is 10.6. The van der Waals surface area contributed by atoms with E-state index in [1.807, 2.05) is 6.92 Å². The Hall–Kier alpha value is -1.00. The monoisotopic (exact) mass is 242 g/mol. The lowest BCUT2D eigenvalue weighted by Crippen LogP contribution is -2.38. The molecule has 0 radical (unpaired) electrons. The van der Waals surface area contributed by atoms with Crippen LogP contribution in [0, 0.1) is 11.6 Å². The van der Waals surface area contributed by atoms with Gasteiger partial charge in [-0.05, 0) is 13.0 Å². The molecule has 0 bridgehead atoms. The van der Waals surface area contributed by atoms with E-state index in [4.69, 9.17) is 0 Å². The molecule has 0 fully saturated rings. The number of hydrogen-bond donors (Lipinski definition) is 2. The van der Waals surface area contributed by atoms with Gasteiger partial charge in [0.1, 0.15) is 11.6 Å². The summed E-state index contributed by atoms with van der Waals surface area (Å²) in [7, 11) is 0. The maximum absolute atomic E-state index is 13.3. The number of hydrogen-bond acceptors (Lipinski definition) is 2. The number of benzene rings is 1. The normalized spacial score (nSPS) is 13.1. The van der Waals surface area contributed by atoms with Crippen LogP contribution in [0.3, 0.4) is 0 Å². The third-order valence-corrected chi connectivity index (χ3v) is 2.49. The summed E-state index contributed by atoms with van der Waals surface area (Å²) >= 11 is 0. The quantitative estimate of drug-likeness (QED) is 0.800. The molecule has 0 aromatic heterocycles. The Morgan fingerprint density at radius 1 is 1.12 bits per heavy atom. The van der Waals surface area contributed by atoms with Crippen molar-refractivity contribution in [2.75, 3.05) is 6.54 Å². The molecular formula is C13H20F2N2. The fourth-order valence-electron chi connectivity index (χ4n) is 1.43. The number of halogens is 2. The lowest BCUT2D eigenvalue weighted by Gasteiger charge is -2.16. The van der Waals surface area contributed by atoms with Gasteiger partial charge in [-0.1, -0.05) is 19.9 Å². The minimum atomic E-state index is -0.541. The molecule has 1 aromatic rings. The molecule has 0 aliphatic heterocycles. The molecule has 96 valence electrons. The number of nitrogens with one attached hydrogen (secondary N) is 2. The third-order valence-electron chi connectivity index (χ3n) is 2.49. The van der Waals surface area contributed by atoms with Crippen molar-refractivity contribution in [2.45, 2.75) is 39.4 Å². The van der Waals surface area contributed by atoms with Gasteiger partial charge in [-0.15, -0.1) is 0 Å². The minimum absolute atomic E-state index is 0.238. The van der Waals surface area contributed by atoms with E-state index in [0.717, 1.165) is 12.6 Å². The van der Waals surface area contributed by atoms with Gasteiger partial charge in [0.05, 0.1) is 0 Å². The molecule has 0 aliphatic carbocycles. The van der Waals surface area contributed by atoms with Crippen LogP contribution < -0.4 is 10.6 Å². The molecule has 17 heavy (non-hydrogen) atoms. The summed E-state index contributed by atoms with van der Waals surface area (Å²) in [5, 5.41) is 6.48. The Labute approximate surface area is 101 Å². The maximum Gasteiger partial charge on any atom is 0.130 e. The predicted molar refractivity (Wildman–Crippen MR) is 65.8 cm³/mol. The van der Waals surface area contributed by atoms with Crippen LogP contribution >= 0.6 is 0 Å². The van der Waals surface area contributed by atoms with Crippen molar-refractivity contribution in [3.63, 3.8) is 0 Å². The Balaban J connectivity index is 2.39. The molecule has 0 saturated carbocycles. The lowest BCUT2D eigenvalue weighted by molar-refractivity contribution is 0.467. The Bertz CT molecular complexity index is 353. The first kappa shape index (κ1) is 14.1. The molecule has 0 spiro atoms. The van der Waals surface area contributed by atoms with Crippen molar-refractivity contribution in [2.24, 2.45) is 0 Å². The van der Waals surface area contributed by atoms with Gasteiger partial charge >= 0.3 is 0 Å². The highest BCUT2D eigenvalue weighted by molar-refractivity contribution is 5.18. The molecule has 0 aliphatic rings. The number of rotatable bonds is 6. The summed E-state index contributed by atoms with van der Waals surface area (Å²) in [5.41, 5.74) is 0.489. The summed E-state index contributed by atoms with van der Waals surface area (Å²) in [6, 6.07) is 4.33. The highest BCUT2D eigenvalue weighted by atomic mass is 19.1. The van der Waals surface area contributed by atoms with Crippen LogP contribution in [0.5, 0.6) is 0 Å². The van der Waals surface area contributed by atoms with Crippen molar-refractivity contribution in [1.29, 1.82) is 0 Å². The summed E-state index contributed by atoms with van der Waals surface area (Å²) < 4.78 is 26.0. The molecule has 0 amide bonds. The van der Waals surface area contributed by atoms with Gasteiger partial charge in [0, 0.05) is 36.8 Å². The fourth-order valence-corrected chi connectivity index (χ4v) is 1.43. The molecule has 1 unspecified atom stereocenters. The summed E-state index contributed by atoms with van der Waals surface area (Å²) in [6.07, 6.45) is 0. The zero-order chi connectivity index (χ0) is 12.8. The molecule has 0 heterocycles. The molecule has 4 heteroatoms. The first-order chi connectivity index (χ1) is 7.99. The van der Waals surface area contributed by atoms with Crippen molar-refractivity contribution in [1.82, 2.24) is 10.6 Å². The Kier molecular flexibility index (Phi) is 5.51. The molecule has 1 aromatic carbocycles. The Morgan fingerprint density at radius 2 is 1.82 bits per heavy atom. The molecule has 1 atom stereocenters. The predicted octanol–water partition coefficient (Wildman–Crippen LogP) is 2.44. The van der Waals surface area contributed by atoms with Crippen LogP contribution in [0.25, 0.3) is 0 Å². The van der Waals surface area contributed by atoms with Crippen molar-refractivity contribution in [3.8, 4) is 0 Å². The fraction of sp³-hybridized carbons (Fsp3) is 0.538. The first-order valence-electron chi connectivity index (χ1n) is 5.89. The van der Waals surface area contributed by atoms with Crippen molar-refractivity contribution in [3.05, 3.63) is 35.4 Å². The van der Waals surface area contributed by atoms with Crippen LogP contribution in [-0.4, -0.2) is 18.6 Å². The van der Waals surface area contributed by atoms with Gasteiger partial charge in [-0.3, -0.25) is 0 Å². The average molecular weight is 242 g/mol. The van der Waals surface area contributed by atoms with E-state index < -0.39 is 11.6 Å². The van der Waals surface area contributed by atoms with Crippen LogP contribution in [0.1, 0.15) is 26.3 Å². The highest BCUT2D eigenvalue weighted by Gasteiger charge is 2.06. The van der Waals surface area contributed by atoms with E-state index in [9.17, 15) is 8.78 Å². The smallest absolute Gasteiger partial charge is 0.130 e. The summed E-state index contributed by atoms with van der Waals surface area (Å²) in [5.74, 6) is -1.04. The van der Waals surface area contributed by atoms with Gasteiger partial charge in [0.25, 0.3) is 0 Å². The van der Waals surface area contributed by atoms with Gasteiger partial charge in [0.15, 0.2) is 0 Å². The van der Waals surface area contributed by atoms with Crippen LogP contribution in [0.4, 0.5) is 8.78 Å². The molecule has 1 rings (SSSR count). The zero-order valence-corrected chi connectivity index (χ0v) is 10.6. The molecule has 0 saturated heterocycles. The standard InChI is InChI=1S/C13H20F2N2/c1-9(2)16-7-10(3)17-8-11-4-5-12(14)6-13(11)15/h4-6,9-10,16-17H,7-8H2,1-3H3. The van der Waals surface area contributed by atoms with Crippen LogP contribution in [0.2, 0.25) is 0 Å². The second-order valence-corrected chi connectivity index (χ2v) is 4.58. The second kappa shape index (κ2) is 6.67. The molecular weight excluding hydrogens is 222 g/mol. The summed E-state index contributed by atoms with van der Waals surface area (Å²) in [4.78, 5) is 0. The van der Waals surface area contributed by atoms with E-state index in [1.54, 1.807) is 0 Å². The van der Waals surface area contributed by atoms with Crippen molar-refractivity contribution >= 4 is 0 Å². The van der Waals surface area contributed by atoms with Crippen LogP contribution in [-0.2, 0) is 6.54 Å². The molecule has 2 nitrogen and oxygen atoms in total. The van der Waals surface area contributed by atoms with E-state index in [2.05, 4.69) is 24.5 Å². The van der Waals surface area contributed by atoms with Gasteiger partial charge < -0.3 is 10.6 Å². The van der Waals surface area contributed by atoms with Gasteiger partial charge in [0.2, 0.25) is 0 Å². The SMILES string of the molecule is CC(C)NCC(C)NCc1ccc(F)cc1F. The average Bonchev–Trinajstić information content (AvgIpc) is 2.25. The van der Waals surface area contributed by atoms with E-state index in [1.165, 1.54) is 12.1 Å².